The van der Waals surface area contributed by atoms with Crippen molar-refractivity contribution in [3.05, 3.63) is 22.9 Å². The number of ether oxygens (including phenoxy) is 1. The van der Waals surface area contributed by atoms with E-state index in [1.165, 1.54) is 24.1 Å². The molecule has 2 rings (SSSR count). The third-order valence-electron chi connectivity index (χ3n) is 2.14. The van der Waals surface area contributed by atoms with Gasteiger partial charge >= 0.3 is 5.97 Å². The van der Waals surface area contributed by atoms with E-state index in [0.29, 0.717) is 11.0 Å². The smallest absolute Gasteiger partial charge is 0.324 e. The van der Waals surface area contributed by atoms with Gasteiger partial charge in [0.05, 0.1) is 12.5 Å². The van der Waals surface area contributed by atoms with Crippen LogP contribution in [0.3, 0.4) is 0 Å². The molecule has 0 aromatic carbocycles. The van der Waals surface area contributed by atoms with Crippen molar-refractivity contribution in [3.63, 3.8) is 0 Å². The number of aromatic amines is 1. The molecule has 0 aliphatic rings. The fourth-order valence-corrected chi connectivity index (χ4v) is 1.26. The lowest BCUT2D eigenvalue weighted by Gasteiger charge is -2.07. The van der Waals surface area contributed by atoms with Crippen molar-refractivity contribution in [2.45, 2.75) is 19.7 Å². The van der Waals surface area contributed by atoms with Crippen LogP contribution in [-0.2, 0) is 16.3 Å². The van der Waals surface area contributed by atoms with E-state index in [9.17, 15) is 9.59 Å². The molecule has 0 amide bonds. The Morgan fingerprint density at radius 3 is 3.18 bits per heavy atom. The molecule has 2 aromatic heterocycles. The summed E-state index contributed by atoms with van der Waals surface area (Å²) in [5.41, 5.74) is 5.40. The number of hydrogen-bond acceptors (Lipinski definition) is 6. The molecule has 2 aromatic rings. The number of carbonyl (C=O) groups excluding carboxylic acids is 1. The van der Waals surface area contributed by atoms with Crippen molar-refractivity contribution in [1.82, 2.24) is 19.7 Å². The lowest BCUT2D eigenvalue weighted by Crippen LogP contribution is -2.29. The molecule has 0 fully saturated rings. The largest absolute Gasteiger partial charge is 0.441 e. The van der Waals surface area contributed by atoms with Crippen molar-refractivity contribution in [3.8, 4) is 0 Å². The Hall–Kier alpha value is -2.22. The van der Waals surface area contributed by atoms with E-state index in [2.05, 4.69) is 15.1 Å². The maximum atomic E-state index is 11.4. The third-order valence-corrected chi connectivity index (χ3v) is 2.14. The number of aromatic nitrogens is 4. The van der Waals surface area contributed by atoms with Crippen molar-refractivity contribution >= 4 is 17.0 Å². The Bertz CT molecular complexity index is 600. The molecule has 90 valence electrons. The standard InChI is InChI=1S/C9H11N5O3/c1-5(10)9(16)17-4-14-7-6(2-13-14)8(15)12-3-11-7/h2-3,5H,4,10H2,1H3,(H,11,12,15)/t5-/m0/s1. The first-order valence-electron chi connectivity index (χ1n) is 4.91. The van der Waals surface area contributed by atoms with Gasteiger partial charge in [-0.15, -0.1) is 0 Å². The minimum absolute atomic E-state index is 0.125. The molecular formula is C9H11N5O3. The minimum atomic E-state index is -0.701. The van der Waals surface area contributed by atoms with Crippen LogP contribution < -0.4 is 11.3 Å². The summed E-state index contributed by atoms with van der Waals surface area (Å²) in [5.74, 6) is -0.543. The second-order valence-electron chi connectivity index (χ2n) is 3.49. The third kappa shape index (κ3) is 2.16. The van der Waals surface area contributed by atoms with E-state index >= 15 is 0 Å². The van der Waals surface area contributed by atoms with Crippen LogP contribution in [0.25, 0.3) is 11.0 Å². The van der Waals surface area contributed by atoms with Gasteiger partial charge in [0.1, 0.15) is 11.4 Å². The molecule has 0 aliphatic heterocycles. The summed E-state index contributed by atoms with van der Waals surface area (Å²) in [5, 5.41) is 4.24. The molecule has 0 saturated heterocycles. The van der Waals surface area contributed by atoms with Crippen LogP contribution in [0.5, 0.6) is 0 Å². The maximum Gasteiger partial charge on any atom is 0.324 e. The van der Waals surface area contributed by atoms with Gasteiger partial charge in [-0.2, -0.15) is 5.10 Å². The molecule has 3 N–H and O–H groups in total. The van der Waals surface area contributed by atoms with E-state index in [4.69, 9.17) is 10.5 Å². The van der Waals surface area contributed by atoms with Gasteiger partial charge in [0.2, 0.25) is 0 Å². The zero-order chi connectivity index (χ0) is 12.4. The molecule has 2 heterocycles. The molecule has 0 unspecified atom stereocenters. The molecular weight excluding hydrogens is 226 g/mol. The molecule has 8 heteroatoms. The summed E-state index contributed by atoms with van der Waals surface area (Å²) < 4.78 is 6.19. The highest BCUT2D eigenvalue weighted by Gasteiger charge is 2.11. The Morgan fingerprint density at radius 2 is 2.47 bits per heavy atom. The predicted molar refractivity (Wildman–Crippen MR) is 57.9 cm³/mol. The number of rotatable bonds is 3. The lowest BCUT2D eigenvalue weighted by molar-refractivity contribution is -0.148. The second kappa shape index (κ2) is 4.34. The number of fused-ring (bicyclic) bond motifs is 1. The van der Waals surface area contributed by atoms with Gasteiger partial charge in [-0.1, -0.05) is 0 Å². The monoisotopic (exact) mass is 237 g/mol. The van der Waals surface area contributed by atoms with E-state index in [1.54, 1.807) is 0 Å². The van der Waals surface area contributed by atoms with Gasteiger partial charge in [-0.05, 0) is 6.92 Å². The van der Waals surface area contributed by atoms with Crippen LogP contribution in [-0.4, -0.2) is 31.8 Å². The molecule has 0 radical (unpaired) electrons. The molecule has 1 atom stereocenters. The average molecular weight is 237 g/mol. The van der Waals surface area contributed by atoms with E-state index in [0.717, 1.165) is 0 Å². The van der Waals surface area contributed by atoms with E-state index in [-0.39, 0.29) is 12.3 Å². The van der Waals surface area contributed by atoms with Gasteiger partial charge in [-0.25, -0.2) is 9.67 Å². The Labute approximate surface area is 95.4 Å². The summed E-state index contributed by atoms with van der Waals surface area (Å²) in [6.07, 6.45) is 2.62. The fourth-order valence-electron chi connectivity index (χ4n) is 1.26. The topological polar surface area (TPSA) is 116 Å². The number of nitrogens with two attached hydrogens (primary N) is 1. The number of H-pyrrole nitrogens is 1. The summed E-state index contributed by atoms with van der Waals surface area (Å²) in [6.45, 7) is 1.40. The van der Waals surface area contributed by atoms with Crippen molar-refractivity contribution in [2.24, 2.45) is 5.73 Å². The Kier molecular flexibility index (Phi) is 2.88. The van der Waals surface area contributed by atoms with Crippen LogP contribution in [0.1, 0.15) is 6.92 Å². The average Bonchev–Trinajstić information content (AvgIpc) is 2.70. The van der Waals surface area contributed by atoms with Gasteiger partial charge in [-0.3, -0.25) is 9.59 Å². The SMILES string of the molecule is C[C@H](N)C(=O)OCn1ncc2c(=O)[nH]cnc21. The fraction of sp³-hybridized carbons (Fsp3) is 0.333. The van der Waals surface area contributed by atoms with Gasteiger partial charge in [0.25, 0.3) is 5.56 Å². The van der Waals surface area contributed by atoms with Gasteiger partial charge < -0.3 is 15.5 Å². The van der Waals surface area contributed by atoms with E-state index in [1.807, 2.05) is 0 Å². The van der Waals surface area contributed by atoms with Crippen LogP contribution in [0.15, 0.2) is 17.3 Å². The molecule has 0 spiro atoms. The van der Waals surface area contributed by atoms with Crippen molar-refractivity contribution in [1.29, 1.82) is 0 Å². The predicted octanol–water partition coefficient (Wildman–Crippen LogP) is -1.03. The van der Waals surface area contributed by atoms with Crippen molar-refractivity contribution < 1.29 is 9.53 Å². The Balaban J connectivity index is 2.23. The number of hydrogen-bond donors (Lipinski definition) is 2. The van der Waals surface area contributed by atoms with Gasteiger partial charge in [0, 0.05) is 0 Å². The molecule has 8 nitrogen and oxygen atoms in total. The number of nitrogens with one attached hydrogen (secondary N) is 1. The van der Waals surface area contributed by atoms with Gasteiger partial charge in [0.15, 0.2) is 12.4 Å². The number of esters is 1. The highest BCUT2D eigenvalue weighted by atomic mass is 16.5. The summed E-state index contributed by atoms with van der Waals surface area (Å²) >= 11 is 0. The molecule has 0 bridgehead atoms. The second-order valence-corrected chi connectivity index (χ2v) is 3.49. The molecule has 0 aliphatic carbocycles. The van der Waals surface area contributed by atoms with Crippen LogP contribution in [0, 0.1) is 0 Å². The number of carbonyl (C=O) groups is 1. The quantitative estimate of drug-likeness (QED) is 0.659. The first-order chi connectivity index (χ1) is 8.09. The summed E-state index contributed by atoms with van der Waals surface area (Å²) in [4.78, 5) is 28.9. The van der Waals surface area contributed by atoms with Crippen molar-refractivity contribution in [2.75, 3.05) is 0 Å². The van der Waals surface area contributed by atoms with Crippen LogP contribution in [0.4, 0.5) is 0 Å². The zero-order valence-corrected chi connectivity index (χ0v) is 9.08. The molecule has 0 saturated carbocycles. The minimum Gasteiger partial charge on any atom is -0.441 e. The van der Waals surface area contributed by atoms with Crippen LogP contribution >= 0.6 is 0 Å². The molecule has 17 heavy (non-hydrogen) atoms. The normalized spacial score (nSPS) is 12.6. The maximum absolute atomic E-state index is 11.4. The summed E-state index contributed by atoms with van der Waals surface area (Å²) in [6, 6.07) is -0.701. The Morgan fingerprint density at radius 1 is 1.71 bits per heavy atom. The highest BCUT2D eigenvalue weighted by molar-refractivity contribution is 5.75. The lowest BCUT2D eigenvalue weighted by atomic mass is 10.4. The number of nitrogens with zero attached hydrogens (tertiary/aromatic N) is 3. The summed E-state index contributed by atoms with van der Waals surface area (Å²) in [7, 11) is 0. The zero-order valence-electron chi connectivity index (χ0n) is 9.08. The first kappa shape index (κ1) is 11.3. The van der Waals surface area contributed by atoms with Crippen LogP contribution in [0.2, 0.25) is 0 Å². The highest BCUT2D eigenvalue weighted by Crippen LogP contribution is 2.04. The first-order valence-corrected chi connectivity index (χ1v) is 4.91. The van der Waals surface area contributed by atoms with E-state index < -0.39 is 12.0 Å².